The van der Waals surface area contributed by atoms with Crippen molar-refractivity contribution in [2.75, 3.05) is 11.1 Å². The van der Waals surface area contributed by atoms with Crippen LogP contribution in [0.1, 0.15) is 23.1 Å². The zero-order valence-corrected chi connectivity index (χ0v) is 26.0. The van der Waals surface area contributed by atoms with Gasteiger partial charge < -0.3 is 15.8 Å². The Morgan fingerprint density at radius 2 is 1.82 bits per heavy atom. The second-order valence-electron chi connectivity index (χ2n) is 10.3. The number of thiophene rings is 1. The number of carbonyl (C=O) groups is 1. The third kappa shape index (κ3) is 5.54. The summed E-state index contributed by atoms with van der Waals surface area (Å²) in [4.78, 5) is 31.6. The van der Waals surface area contributed by atoms with Gasteiger partial charge in [0.15, 0.2) is 11.6 Å². The van der Waals surface area contributed by atoms with Gasteiger partial charge in [0.1, 0.15) is 10.8 Å². The zero-order chi connectivity index (χ0) is 31.1. The van der Waals surface area contributed by atoms with Gasteiger partial charge in [-0.3, -0.25) is 4.79 Å². The van der Waals surface area contributed by atoms with E-state index in [1.54, 1.807) is 67.1 Å². The number of fused-ring (bicyclic) bond motifs is 1. The molecule has 3 N–H and O–H groups in total. The Labute approximate surface area is 261 Å². The van der Waals surface area contributed by atoms with Gasteiger partial charge in [0.05, 0.1) is 4.70 Å². The van der Waals surface area contributed by atoms with Crippen LogP contribution in [0.25, 0.3) is 42.2 Å². The van der Waals surface area contributed by atoms with E-state index in [1.807, 2.05) is 38.2 Å². The highest BCUT2D eigenvalue weighted by molar-refractivity contribution is 7.24. The summed E-state index contributed by atoms with van der Waals surface area (Å²) in [6, 6.07) is 12.2. The van der Waals surface area contributed by atoms with Crippen LogP contribution in [0.15, 0.2) is 73.2 Å². The molecule has 0 saturated carbocycles. The molecule has 8 nitrogen and oxygen atoms in total. The van der Waals surface area contributed by atoms with Gasteiger partial charge in [0, 0.05) is 61.8 Å². The number of benzene rings is 2. The van der Waals surface area contributed by atoms with Crippen LogP contribution >= 0.6 is 22.7 Å². The van der Waals surface area contributed by atoms with Crippen molar-refractivity contribution in [3.05, 3.63) is 95.2 Å². The normalized spacial score (nSPS) is 11.1. The molecule has 4 heterocycles. The molecule has 0 bridgehead atoms. The monoisotopic (exact) mass is 622 g/mol. The van der Waals surface area contributed by atoms with Gasteiger partial charge in [-0.15, -0.1) is 22.7 Å². The zero-order valence-electron chi connectivity index (χ0n) is 24.4. The van der Waals surface area contributed by atoms with Crippen molar-refractivity contribution >= 4 is 50.2 Å². The number of aryl methyl sites for hydroxylation is 3. The summed E-state index contributed by atoms with van der Waals surface area (Å²) < 4.78 is 22.2. The number of ether oxygens (including phenoxy) is 1. The molecule has 220 valence electrons. The smallest absolute Gasteiger partial charge is 0.322 e. The number of carbonyl (C=O) groups excluding carboxylic acids is 1. The van der Waals surface area contributed by atoms with E-state index in [0.29, 0.717) is 33.7 Å². The number of halogens is 1. The van der Waals surface area contributed by atoms with Crippen LogP contribution in [0, 0.1) is 26.6 Å². The van der Waals surface area contributed by atoms with E-state index in [0.717, 1.165) is 41.7 Å². The minimum atomic E-state index is -0.578. The van der Waals surface area contributed by atoms with Crippen molar-refractivity contribution in [2.24, 2.45) is 0 Å². The fourth-order valence-corrected chi connectivity index (χ4v) is 7.04. The molecule has 2 aromatic carbocycles. The van der Waals surface area contributed by atoms with Gasteiger partial charge in [-0.05, 0) is 74.7 Å². The summed E-state index contributed by atoms with van der Waals surface area (Å²) >= 11 is 3.11. The molecule has 0 unspecified atom stereocenters. The second kappa shape index (κ2) is 11.6. The molecule has 0 fully saturated rings. The van der Waals surface area contributed by atoms with Gasteiger partial charge >= 0.3 is 6.01 Å². The number of anilines is 2. The molecule has 6 rings (SSSR count). The molecular formula is C33H27FN6O2S2. The summed E-state index contributed by atoms with van der Waals surface area (Å²) in [5.41, 5.74) is 12.3. The summed E-state index contributed by atoms with van der Waals surface area (Å²) in [6.45, 7) is 11.1. The first kappa shape index (κ1) is 29.1. The van der Waals surface area contributed by atoms with E-state index < -0.39 is 5.82 Å². The van der Waals surface area contributed by atoms with Crippen LogP contribution in [0.3, 0.4) is 0 Å². The number of nitrogen functional groups attached to an aromatic ring is 1. The predicted octanol–water partition coefficient (Wildman–Crippen LogP) is 8.50. The molecule has 0 aliphatic heterocycles. The lowest BCUT2D eigenvalue weighted by molar-refractivity contribution is -0.112. The van der Waals surface area contributed by atoms with Crippen molar-refractivity contribution in [1.82, 2.24) is 19.9 Å². The van der Waals surface area contributed by atoms with E-state index in [4.69, 9.17) is 10.5 Å². The van der Waals surface area contributed by atoms with Crippen LogP contribution in [-0.2, 0) is 4.79 Å². The van der Waals surface area contributed by atoms with Crippen LogP contribution in [-0.4, -0.2) is 25.8 Å². The van der Waals surface area contributed by atoms with Gasteiger partial charge in [-0.2, -0.15) is 0 Å². The van der Waals surface area contributed by atoms with E-state index in [1.165, 1.54) is 6.07 Å². The summed E-state index contributed by atoms with van der Waals surface area (Å²) in [7, 11) is 0. The molecule has 11 heteroatoms. The van der Waals surface area contributed by atoms with Gasteiger partial charge in [-0.25, -0.2) is 24.3 Å². The standard InChI is InChI=1S/C33H27FN6O2S2/c1-16(2)31(41)40-21-7-8-22(17(3)12-21)28-26(20-6-9-25(24(34)13-20)42-33-36-11-10-18(4)39-33)27-29(44-28)23(15-37-30(27)35)32-38-14-19(5)43-32/h6-15H,1H2,2-5H3,(H2,35,37)(H,40,41). The molecule has 0 atom stereocenters. The molecule has 4 aromatic heterocycles. The van der Waals surface area contributed by atoms with E-state index in [9.17, 15) is 4.79 Å². The second-order valence-corrected chi connectivity index (χ2v) is 12.6. The number of amides is 1. The number of nitrogens with one attached hydrogen (secondary N) is 1. The molecule has 0 saturated heterocycles. The number of hydrogen-bond donors (Lipinski definition) is 2. The minimum Gasteiger partial charge on any atom is -0.421 e. The highest BCUT2D eigenvalue weighted by atomic mass is 32.1. The Kier molecular flexibility index (Phi) is 7.66. The van der Waals surface area contributed by atoms with Crippen LogP contribution < -0.4 is 15.8 Å². The minimum absolute atomic E-state index is 0.000677. The summed E-state index contributed by atoms with van der Waals surface area (Å²) in [5, 5.41) is 4.40. The Bertz CT molecular complexity index is 2100. The first-order valence-corrected chi connectivity index (χ1v) is 15.2. The van der Waals surface area contributed by atoms with Gasteiger partial charge in [0.2, 0.25) is 0 Å². The average Bonchev–Trinajstić information content (AvgIpc) is 3.59. The third-order valence-electron chi connectivity index (χ3n) is 6.90. The van der Waals surface area contributed by atoms with Crippen LogP contribution in [0.4, 0.5) is 15.9 Å². The maximum atomic E-state index is 15.6. The topological polar surface area (TPSA) is 116 Å². The van der Waals surface area contributed by atoms with Gasteiger partial charge in [-0.1, -0.05) is 18.7 Å². The molecule has 6 aromatic rings. The molecule has 1 amide bonds. The maximum absolute atomic E-state index is 15.6. The molecule has 0 radical (unpaired) electrons. The summed E-state index contributed by atoms with van der Waals surface area (Å²) in [5.74, 6) is -0.507. The van der Waals surface area contributed by atoms with Crippen LogP contribution in [0.2, 0.25) is 0 Å². The van der Waals surface area contributed by atoms with E-state index in [2.05, 4.69) is 31.8 Å². The fourth-order valence-electron chi connectivity index (χ4n) is 4.77. The molecule has 44 heavy (non-hydrogen) atoms. The number of hydrogen-bond acceptors (Lipinski definition) is 9. The number of aromatic nitrogens is 4. The third-order valence-corrected chi connectivity index (χ3v) is 9.11. The van der Waals surface area contributed by atoms with Crippen LogP contribution in [0.5, 0.6) is 11.8 Å². The Hall–Kier alpha value is -5.00. The lowest BCUT2D eigenvalue weighted by atomic mass is 9.96. The lowest BCUT2D eigenvalue weighted by Gasteiger charge is -2.12. The lowest BCUT2D eigenvalue weighted by Crippen LogP contribution is -2.11. The van der Waals surface area contributed by atoms with Gasteiger partial charge in [0.25, 0.3) is 5.91 Å². The van der Waals surface area contributed by atoms with Crippen molar-refractivity contribution in [3.8, 4) is 43.9 Å². The highest BCUT2D eigenvalue weighted by Crippen LogP contribution is 2.51. The number of nitrogens with two attached hydrogens (primary N) is 1. The fraction of sp³-hybridized carbons (Fsp3) is 0.121. The predicted molar refractivity (Wildman–Crippen MR) is 176 cm³/mol. The average molecular weight is 623 g/mol. The summed E-state index contributed by atoms with van der Waals surface area (Å²) in [6.07, 6.45) is 5.12. The number of rotatable bonds is 7. The molecule has 0 aliphatic carbocycles. The molecule has 0 spiro atoms. The van der Waals surface area contributed by atoms with Crippen molar-refractivity contribution in [1.29, 1.82) is 0 Å². The number of nitrogens with zero attached hydrogens (tertiary/aromatic N) is 4. The first-order chi connectivity index (χ1) is 21.1. The van der Waals surface area contributed by atoms with Crippen molar-refractivity contribution < 1.29 is 13.9 Å². The SMILES string of the molecule is C=C(C)C(=O)Nc1ccc(-c2sc3c(-c4ncc(C)s4)cnc(N)c3c2-c2ccc(Oc3nccc(C)n3)c(F)c2)c(C)c1. The largest absolute Gasteiger partial charge is 0.421 e. The molecular weight excluding hydrogens is 596 g/mol. The Balaban J connectivity index is 1.54. The van der Waals surface area contributed by atoms with E-state index >= 15 is 4.39 Å². The number of thiazole rings is 1. The first-order valence-electron chi connectivity index (χ1n) is 13.6. The quantitative estimate of drug-likeness (QED) is 0.172. The Morgan fingerprint density at radius 3 is 2.50 bits per heavy atom. The van der Waals surface area contributed by atoms with Crippen molar-refractivity contribution in [2.45, 2.75) is 27.7 Å². The molecule has 0 aliphatic rings. The van der Waals surface area contributed by atoms with E-state index in [-0.39, 0.29) is 17.7 Å². The highest BCUT2D eigenvalue weighted by Gasteiger charge is 2.24. The number of pyridine rings is 1. The Morgan fingerprint density at radius 1 is 1.00 bits per heavy atom. The maximum Gasteiger partial charge on any atom is 0.322 e. The van der Waals surface area contributed by atoms with Crippen molar-refractivity contribution in [3.63, 3.8) is 0 Å².